The number of rotatable bonds is 4. The second kappa shape index (κ2) is 8.38. The maximum absolute atomic E-state index is 13.7. The van der Waals surface area contributed by atoms with Crippen molar-refractivity contribution < 1.29 is 17.9 Å². The van der Waals surface area contributed by atoms with E-state index in [0.717, 1.165) is 17.2 Å². The Hall–Kier alpha value is -4.20. The van der Waals surface area contributed by atoms with Crippen molar-refractivity contribution in [1.29, 1.82) is 0 Å². The quantitative estimate of drug-likeness (QED) is 0.398. The van der Waals surface area contributed by atoms with Gasteiger partial charge in [0.05, 0.1) is 12.1 Å². The summed E-state index contributed by atoms with van der Waals surface area (Å²) in [6.45, 7) is 0.515. The molecule has 0 atom stereocenters. The van der Waals surface area contributed by atoms with E-state index in [1.54, 1.807) is 24.3 Å². The van der Waals surface area contributed by atoms with E-state index in [4.69, 9.17) is 4.74 Å². The lowest BCUT2D eigenvalue weighted by Crippen LogP contribution is -2.14. The van der Waals surface area contributed by atoms with Crippen LogP contribution in [-0.2, 0) is 12.7 Å². The maximum Gasteiger partial charge on any atom is 0.417 e. The fourth-order valence-corrected chi connectivity index (χ4v) is 3.56. The Bertz CT molecular complexity index is 1340. The first kappa shape index (κ1) is 20.7. The fourth-order valence-electron chi connectivity index (χ4n) is 3.56. The van der Waals surface area contributed by atoms with Gasteiger partial charge in [0.2, 0.25) is 5.88 Å². The Kier molecular flexibility index (Phi) is 5.26. The number of anilines is 1. The number of nitrogens with one attached hydrogen (secondary N) is 1. The minimum Gasteiger partial charge on any atom is -0.439 e. The molecule has 164 valence electrons. The lowest BCUT2D eigenvalue weighted by molar-refractivity contribution is -0.137. The molecule has 4 aromatic rings. The van der Waals surface area contributed by atoms with Gasteiger partial charge in [0, 0.05) is 17.2 Å². The summed E-state index contributed by atoms with van der Waals surface area (Å²) in [5.41, 5.74) is 1.01. The van der Waals surface area contributed by atoms with Gasteiger partial charge in [-0.25, -0.2) is 4.98 Å². The van der Waals surface area contributed by atoms with E-state index in [1.807, 2.05) is 30.3 Å². The molecule has 8 heteroatoms. The molecule has 33 heavy (non-hydrogen) atoms. The highest BCUT2D eigenvalue weighted by Crippen LogP contribution is 2.37. The molecule has 1 aliphatic heterocycles. The smallest absolute Gasteiger partial charge is 0.417 e. The summed E-state index contributed by atoms with van der Waals surface area (Å²) in [6.07, 6.45) is -4.56. The Morgan fingerprint density at radius 2 is 1.48 bits per heavy atom. The molecule has 3 aromatic carbocycles. The van der Waals surface area contributed by atoms with Crippen LogP contribution in [0.4, 0.5) is 19.0 Å². The SMILES string of the molecule is FC(F)(F)c1ccccc1-c1nc(NC2=NCc3ccccc32)cc(Oc2ccccc2)n1. The molecule has 0 bridgehead atoms. The average Bonchev–Trinajstić information content (AvgIpc) is 3.22. The molecular formula is C25H17F3N4O. The van der Waals surface area contributed by atoms with Crippen LogP contribution in [0.5, 0.6) is 11.6 Å². The summed E-state index contributed by atoms with van der Waals surface area (Å²) in [7, 11) is 0. The average molecular weight is 446 g/mol. The zero-order chi connectivity index (χ0) is 22.8. The molecule has 0 radical (unpaired) electrons. The number of alkyl halides is 3. The number of fused-ring (bicyclic) bond motifs is 1. The molecule has 1 N–H and O–H groups in total. The molecule has 0 unspecified atom stereocenters. The molecule has 0 fully saturated rings. The fraction of sp³-hybridized carbons (Fsp3) is 0.0800. The summed E-state index contributed by atoms with van der Waals surface area (Å²) >= 11 is 0. The van der Waals surface area contributed by atoms with Crippen LogP contribution in [0.15, 0.2) is 89.9 Å². The van der Waals surface area contributed by atoms with Crippen LogP contribution in [0.25, 0.3) is 11.4 Å². The third kappa shape index (κ3) is 4.41. The van der Waals surface area contributed by atoms with Gasteiger partial charge in [0.25, 0.3) is 0 Å². The molecule has 1 aromatic heterocycles. The van der Waals surface area contributed by atoms with Crippen molar-refractivity contribution in [2.75, 3.05) is 5.32 Å². The minimum absolute atomic E-state index is 0.106. The van der Waals surface area contributed by atoms with Gasteiger partial charge in [-0.1, -0.05) is 60.7 Å². The Labute approximate surface area is 187 Å². The Morgan fingerprint density at radius 3 is 2.27 bits per heavy atom. The monoisotopic (exact) mass is 446 g/mol. The van der Waals surface area contributed by atoms with Crippen LogP contribution in [0.1, 0.15) is 16.7 Å². The number of halogens is 3. The van der Waals surface area contributed by atoms with Crippen LogP contribution in [-0.4, -0.2) is 15.8 Å². The highest BCUT2D eigenvalue weighted by atomic mass is 19.4. The summed E-state index contributed by atoms with van der Waals surface area (Å²) in [6, 6.07) is 23.4. The molecule has 5 nitrogen and oxygen atoms in total. The molecule has 2 heterocycles. The van der Waals surface area contributed by atoms with Gasteiger partial charge in [-0.05, 0) is 23.8 Å². The first-order valence-electron chi connectivity index (χ1n) is 10.2. The Balaban J connectivity index is 1.58. The minimum atomic E-state index is -4.56. The van der Waals surface area contributed by atoms with Crippen molar-refractivity contribution in [3.8, 4) is 23.0 Å². The first-order valence-corrected chi connectivity index (χ1v) is 10.2. The molecule has 5 rings (SSSR count). The zero-order valence-corrected chi connectivity index (χ0v) is 17.2. The van der Waals surface area contributed by atoms with Crippen LogP contribution in [0.3, 0.4) is 0 Å². The molecular weight excluding hydrogens is 429 g/mol. The van der Waals surface area contributed by atoms with Crippen LogP contribution in [0, 0.1) is 0 Å². The number of benzene rings is 3. The molecule has 0 spiro atoms. The standard InChI is InChI=1S/C25H17F3N4O/c26-25(27,28)20-13-7-6-12-19(20)24-31-21(14-22(32-24)33-17-9-2-1-3-10-17)30-23-18-11-5-4-8-16(18)15-29-23/h1-14H,15H2,(H,29,30,31,32). The second-order valence-corrected chi connectivity index (χ2v) is 7.32. The number of para-hydroxylation sites is 1. The van der Waals surface area contributed by atoms with E-state index in [2.05, 4.69) is 20.3 Å². The lowest BCUT2D eigenvalue weighted by atomic mass is 10.1. The van der Waals surface area contributed by atoms with Gasteiger partial charge in [-0.15, -0.1) is 0 Å². The van der Waals surface area contributed by atoms with Crippen LogP contribution >= 0.6 is 0 Å². The summed E-state index contributed by atoms with van der Waals surface area (Å²) in [4.78, 5) is 13.1. The van der Waals surface area contributed by atoms with Gasteiger partial charge in [-0.2, -0.15) is 18.2 Å². The molecule has 0 aliphatic carbocycles. The summed E-state index contributed by atoms with van der Waals surface area (Å²) in [5, 5.41) is 3.13. The molecule has 0 saturated carbocycles. The predicted molar refractivity (Wildman–Crippen MR) is 119 cm³/mol. The van der Waals surface area contributed by atoms with Gasteiger partial charge in [0.1, 0.15) is 17.4 Å². The van der Waals surface area contributed by atoms with Gasteiger partial charge < -0.3 is 10.1 Å². The van der Waals surface area contributed by atoms with Gasteiger partial charge in [-0.3, -0.25) is 4.99 Å². The summed E-state index contributed by atoms with van der Waals surface area (Å²) in [5.74, 6) is 1.37. The van der Waals surface area contributed by atoms with Crippen molar-refractivity contribution in [2.45, 2.75) is 12.7 Å². The largest absolute Gasteiger partial charge is 0.439 e. The second-order valence-electron chi connectivity index (χ2n) is 7.32. The topological polar surface area (TPSA) is 59.4 Å². The van der Waals surface area contributed by atoms with Crippen molar-refractivity contribution in [2.24, 2.45) is 4.99 Å². The maximum atomic E-state index is 13.7. The number of aromatic nitrogens is 2. The molecule has 1 aliphatic rings. The zero-order valence-electron chi connectivity index (χ0n) is 17.2. The number of aliphatic imine (C=N–C) groups is 1. The first-order chi connectivity index (χ1) is 16.0. The van der Waals surface area contributed by atoms with Gasteiger partial charge in [0.15, 0.2) is 5.82 Å². The number of hydrogen-bond acceptors (Lipinski definition) is 5. The number of nitrogens with zero attached hydrogens (tertiary/aromatic N) is 3. The third-order valence-corrected chi connectivity index (χ3v) is 5.07. The Morgan fingerprint density at radius 1 is 0.788 bits per heavy atom. The third-order valence-electron chi connectivity index (χ3n) is 5.07. The van der Waals surface area contributed by atoms with E-state index in [-0.39, 0.29) is 23.1 Å². The predicted octanol–water partition coefficient (Wildman–Crippen LogP) is 6.33. The van der Waals surface area contributed by atoms with Crippen molar-refractivity contribution >= 4 is 11.7 Å². The normalized spacial score (nSPS) is 12.8. The molecule has 0 amide bonds. The number of hydrogen-bond donors (Lipinski definition) is 1. The van der Waals surface area contributed by atoms with Crippen LogP contribution < -0.4 is 10.1 Å². The van der Waals surface area contributed by atoms with E-state index in [9.17, 15) is 13.2 Å². The molecule has 0 saturated heterocycles. The number of amidine groups is 1. The van der Waals surface area contributed by atoms with E-state index in [1.165, 1.54) is 24.3 Å². The van der Waals surface area contributed by atoms with Crippen LogP contribution in [0.2, 0.25) is 0 Å². The van der Waals surface area contributed by atoms with Crippen molar-refractivity contribution in [3.05, 3.63) is 102 Å². The van der Waals surface area contributed by atoms with Gasteiger partial charge >= 0.3 is 6.18 Å². The van der Waals surface area contributed by atoms with Crippen molar-refractivity contribution in [1.82, 2.24) is 9.97 Å². The van der Waals surface area contributed by atoms with E-state index in [0.29, 0.717) is 18.1 Å². The highest BCUT2D eigenvalue weighted by molar-refractivity contribution is 6.10. The summed E-state index contributed by atoms with van der Waals surface area (Å²) < 4.78 is 46.8. The lowest BCUT2D eigenvalue weighted by Gasteiger charge is -2.14. The van der Waals surface area contributed by atoms with E-state index >= 15 is 0 Å². The number of ether oxygens (including phenoxy) is 1. The highest BCUT2D eigenvalue weighted by Gasteiger charge is 2.34. The van der Waals surface area contributed by atoms with Crippen molar-refractivity contribution in [3.63, 3.8) is 0 Å². The van der Waals surface area contributed by atoms with E-state index < -0.39 is 11.7 Å².